The summed E-state index contributed by atoms with van der Waals surface area (Å²) in [6.07, 6.45) is 4.94. The van der Waals surface area contributed by atoms with Gasteiger partial charge in [0, 0.05) is 11.5 Å². The molecule has 1 saturated carbocycles. The summed E-state index contributed by atoms with van der Waals surface area (Å²) >= 11 is 9.83. The molecule has 1 fully saturated rings. The normalized spacial score (nSPS) is 15.8. The van der Waals surface area contributed by atoms with E-state index in [4.69, 9.17) is 16.6 Å². The van der Waals surface area contributed by atoms with Crippen LogP contribution < -0.4 is 0 Å². The summed E-state index contributed by atoms with van der Waals surface area (Å²) in [5.74, 6) is 1.23. The highest BCUT2D eigenvalue weighted by atomic mass is 79.9. The topological polar surface area (TPSA) is 25.8 Å². The van der Waals surface area contributed by atoms with Gasteiger partial charge in [-0.2, -0.15) is 0 Å². The molecular formula is C16H16BrClN2. The van der Waals surface area contributed by atoms with Crippen LogP contribution in [0.4, 0.5) is 0 Å². The van der Waals surface area contributed by atoms with E-state index in [1.807, 2.05) is 12.1 Å². The van der Waals surface area contributed by atoms with Gasteiger partial charge in [-0.05, 0) is 35.7 Å². The molecular weight excluding hydrogens is 336 g/mol. The Bertz CT molecular complexity index is 619. The maximum atomic E-state index is 6.28. The first kappa shape index (κ1) is 14.0. The van der Waals surface area contributed by atoms with Crippen LogP contribution in [0.3, 0.4) is 0 Å². The van der Waals surface area contributed by atoms with Gasteiger partial charge < -0.3 is 0 Å². The van der Waals surface area contributed by atoms with Crippen molar-refractivity contribution in [2.24, 2.45) is 0 Å². The van der Waals surface area contributed by atoms with Crippen molar-refractivity contribution < 1.29 is 0 Å². The van der Waals surface area contributed by atoms with Gasteiger partial charge in [0.15, 0.2) is 5.82 Å². The second-order valence-electron chi connectivity index (χ2n) is 5.38. The first-order chi connectivity index (χ1) is 9.65. The van der Waals surface area contributed by atoms with E-state index in [9.17, 15) is 0 Å². The Morgan fingerprint density at radius 1 is 1.10 bits per heavy atom. The molecule has 1 aliphatic rings. The lowest BCUT2D eigenvalue weighted by Crippen LogP contribution is -2.02. The van der Waals surface area contributed by atoms with E-state index >= 15 is 0 Å². The zero-order valence-corrected chi connectivity index (χ0v) is 13.7. The SMILES string of the molecule is Cc1ccc(-c2nc(Cl)c(Br)c(C3CCCC3)n2)cc1. The van der Waals surface area contributed by atoms with Crippen LogP contribution in [0.2, 0.25) is 5.15 Å². The Kier molecular flexibility index (Phi) is 4.08. The van der Waals surface area contributed by atoms with Crippen molar-refractivity contribution in [2.75, 3.05) is 0 Å². The predicted molar refractivity (Wildman–Crippen MR) is 86.1 cm³/mol. The Morgan fingerprint density at radius 3 is 2.40 bits per heavy atom. The van der Waals surface area contributed by atoms with Crippen molar-refractivity contribution in [3.63, 3.8) is 0 Å². The average molecular weight is 352 g/mol. The molecule has 1 aromatic heterocycles. The predicted octanol–water partition coefficient (Wildman–Crippen LogP) is 5.53. The van der Waals surface area contributed by atoms with E-state index in [1.54, 1.807) is 0 Å². The lowest BCUT2D eigenvalue weighted by Gasteiger charge is -2.13. The van der Waals surface area contributed by atoms with Crippen molar-refractivity contribution >= 4 is 27.5 Å². The molecule has 0 amide bonds. The third kappa shape index (κ3) is 2.75. The number of aromatic nitrogens is 2. The van der Waals surface area contributed by atoms with Crippen molar-refractivity contribution in [1.82, 2.24) is 9.97 Å². The standard InChI is InChI=1S/C16H16BrClN2/c1-10-6-8-12(9-7-10)16-19-14(11-4-2-3-5-11)13(17)15(18)20-16/h6-9,11H,2-5H2,1H3. The summed E-state index contributed by atoms with van der Waals surface area (Å²) in [6.45, 7) is 2.07. The molecule has 20 heavy (non-hydrogen) atoms. The average Bonchev–Trinajstić information content (AvgIpc) is 2.96. The monoisotopic (exact) mass is 350 g/mol. The Hall–Kier alpha value is -0.930. The molecule has 104 valence electrons. The molecule has 3 rings (SSSR count). The van der Waals surface area contributed by atoms with Crippen LogP contribution in [0.5, 0.6) is 0 Å². The second kappa shape index (κ2) is 5.82. The molecule has 0 atom stereocenters. The molecule has 1 aliphatic carbocycles. The van der Waals surface area contributed by atoms with Gasteiger partial charge >= 0.3 is 0 Å². The maximum absolute atomic E-state index is 6.28. The molecule has 2 aromatic rings. The van der Waals surface area contributed by atoms with Crippen LogP contribution >= 0.6 is 27.5 Å². The van der Waals surface area contributed by atoms with Crippen LogP contribution in [0.25, 0.3) is 11.4 Å². The summed E-state index contributed by atoms with van der Waals surface area (Å²) in [6, 6.07) is 8.24. The molecule has 0 radical (unpaired) electrons. The maximum Gasteiger partial charge on any atom is 0.161 e. The molecule has 4 heteroatoms. The number of benzene rings is 1. The summed E-state index contributed by atoms with van der Waals surface area (Å²) in [5, 5.41) is 0.512. The molecule has 1 heterocycles. The van der Waals surface area contributed by atoms with Crippen molar-refractivity contribution in [1.29, 1.82) is 0 Å². The molecule has 0 unspecified atom stereocenters. The van der Waals surface area contributed by atoms with Gasteiger partial charge in [0.2, 0.25) is 0 Å². The quantitative estimate of drug-likeness (QED) is 0.665. The molecule has 0 saturated heterocycles. The second-order valence-corrected chi connectivity index (χ2v) is 6.54. The lowest BCUT2D eigenvalue weighted by atomic mass is 10.0. The molecule has 1 aromatic carbocycles. The highest BCUT2D eigenvalue weighted by Crippen LogP contribution is 2.39. The molecule has 0 bridgehead atoms. The van der Waals surface area contributed by atoms with Crippen molar-refractivity contribution in [3.8, 4) is 11.4 Å². The van der Waals surface area contributed by atoms with Crippen molar-refractivity contribution in [3.05, 3.63) is 45.1 Å². The first-order valence-electron chi connectivity index (χ1n) is 6.95. The van der Waals surface area contributed by atoms with E-state index in [1.165, 1.54) is 31.2 Å². The van der Waals surface area contributed by atoms with E-state index in [2.05, 4.69) is 40.0 Å². The van der Waals surface area contributed by atoms with E-state index in [-0.39, 0.29) is 0 Å². The van der Waals surface area contributed by atoms with Crippen LogP contribution in [-0.2, 0) is 0 Å². The summed E-state index contributed by atoms with van der Waals surface area (Å²) in [4.78, 5) is 9.18. The van der Waals surface area contributed by atoms with Crippen LogP contribution in [0.15, 0.2) is 28.7 Å². The minimum Gasteiger partial charge on any atom is -0.231 e. The zero-order chi connectivity index (χ0) is 14.1. The van der Waals surface area contributed by atoms with Gasteiger partial charge in [-0.15, -0.1) is 0 Å². The number of aryl methyl sites for hydroxylation is 1. The van der Waals surface area contributed by atoms with Gasteiger partial charge in [-0.1, -0.05) is 54.3 Å². The Labute approximate surface area is 132 Å². The van der Waals surface area contributed by atoms with Gasteiger partial charge in [0.25, 0.3) is 0 Å². The van der Waals surface area contributed by atoms with E-state index < -0.39 is 0 Å². The van der Waals surface area contributed by atoms with Crippen LogP contribution in [0.1, 0.15) is 42.9 Å². The minimum atomic E-state index is 0.508. The number of rotatable bonds is 2. The highest BCUT2D eigenvalue weighted by Gasteiger charge is 2.23. The lowest BCUT2D eigenvalue weighted by molar-refractivity contribution is 0.691. The molecule has 2 nitrogen and oxygen atoms in total. The Morgan fingerprint density at radius 2 is 1.75 bits per heavy atom. The van der Waals surface area contributed by atoms with Crippen LogP contribution in [-0.4, -0.2) is 9.97 Å². The van der Waals surface area contributed by atoms with E-state index in [0.717, 1.165) is 21.6 Å². The van der Waals surface area contributed by atoms with Gasteiger partial charge in [0.1, 0.15) is 5.15 Å². The van der Waals surface area contributed by atoms with Gasteiger partial charge in [-0.3, -0.25) is 0 Å². The fourth-order valence-corrected chi connectivity index (χ4v) is 3.42. The van der Waals surface area contributed by atoms with E-state index in [0.29, 0.717) is 11.1 Å². The van der Waals surface area contributed by atoms with Crippen LogP contribution in [0, 0.1) is 6.92 Å². The number of hydrogen-bond acceptors (Lipinski definition) is 2. The van der Waals surface area contributed by atoms with Gasteiger partial charge in [0.05, 0.1) is 10.2 Å². The fraction of sp³-hybridized carbons (Fsp3) is 0.375. The fourth-order valence-electron chi connectivity index (χ4n) is 2.74. The van der Waals surface area contributed by atoms with Gasteiger partial charge in [-0.25, -0.2) is 9.97 Å². The summed E-state index contributed by atoms with van der Waals surface area (Å²) in [5.41, 5.74) is 3.32. The summed E-state index contributed by atoms with van der Waals surface area (Å²) in [7, 11) is 0. The largest absolute Gasteiger partial charge is 0.231 e. The first-order valence-corrected chi connectivity index (χ1v) is 8.12. The number of halogens is 2. The third-order valence-corrected chi connectivity index (χ3v) is 5.17. The summed E-state index contributed by atoms with van der Waals surface area (Å²) < 4.78 is 0.863. The smallest absolute Gasteiger partial charge is 0.161 e. The minimum absolute atomic E-state index is 0.508. The highest BCUT2D eigenvalue weighted by molar-refractivity contribution is 9.10. The molecule has 0 spiro atoms. The molecule has 0 N–H and O–H groups in total. The Balaban J connectivity index is 2.05. The zero-order valence-electron chi connectivity index (χ0n) is 11.4. The number of hydrogen-bond donors (Lipinski definition) is 0. The number of nitrogens with zero attached hydrogens (tertiary/aromatic N) is 2. The van der Waals surface area contributed by atoms with Crippen molar-refractivity contribution in [2.45, 2.75) is 38.5 Å². The molecule has 0 aliphatic heterocycles. The third-order valence-electron chi connectivity index (χ3n) is 3.89.